The fourth-order valence-corrected chi connectivity index (χ4v) is 3.09. The van der Waals surface area contributed by atoms with E-state index < -0.39 is 0 Å². The normalized spacial score (nSPS) is 18.9. The highest BCUT2D eigenvalue weighted by molar-refractivity contribution is 5.84. The number of fused-ring (bicyclic) bond motifs is 1. The maximum Gasteiger partial charge on any atom is 0.232 e. The average molecular weight is 349 g/mol. The van der Waals surface area contributed by atoms with Crippen molar-refractivity contribution >= 4 is 10.8 Å². The van der Waals surface area contributed by atoms with E-state index in [1.54, 1.807) is 18.5 Å². The molecular formula is C19H16FN5O. The molecule has 26 heavy (non-hydrogen) atoms. The van der Waals surface area contributed by atoms with Crippen molar-refractivity contribution in [1.29, 1.82) is 5.26 Å². The summed E-state index contributed by atoms with van der Waals surface area (Å²) in [7, 11) is 0. The zero-order chi connectivity index (χ0) is 17.9. The first-order valence-corrected chi connectivity index (χ1v) is 8.36. The highest BCUT2D eigenvalue weighted by Gasteiger charge is 2.30. The van der Waals surface area contributed by atoms with Crippen LogP contribution in [0.25, 0.3) is 10.8 Å². The Kier molecular flexibility index (Phi) is 4.42. The van der Waals surface area contributed by atoms with Crippen LogP contribution in [0.2, 0.25) is 0 Å². The number of benzene rings is 1. The van der Waals surface area contributed by atoms with Gasteiger partial charge in [-0.1, -0.05) is 0 Å². The molecule has 4 rings (SSSR count). The smallest absolute Gasteiger partial charge is 0.232 e. The summed E-state index contributed by atoms with van der Waals surface area (Å²) in [5, 5.41) is 13.9. The predicted octanol–water partition coefficient (Wildman–Crippen LogP) is 2.74. The van der Waals surface area contributed by atoms with Crippen molar-refractivity contribution in [2.45, 2.75) is 31.5 Å². The van der Waals surface area contributed by atoms with Crippen molar-refractivity contribution < 1.29 is 9.13 Å². The van der Waals surface area contributed by atoms with Crippen LogP contribution >= 0.6 is 0 Å². The third-order valence-electron chi connectivity index (χ3n) is 4.57. The number of hydrogen-bond donors (Lipinski definition) is 1. The van der Waals surface area contributed by atoms with Crippen LogP contribution in [0, 0.1) is 17.1 Å². The summed E-state index contributed by atoms with van der Waals surface area (Å²) < 4.78 is 20.0. The molecule has 1 aliphatic rings. The first-order chi connectivity index (χ1) is 12.7. The van der Waals surface area contributed by atoms with E-state index in [4.69, 9.17) is 10.00 Å². The molecule has 3 aromatic rings. The SMILES string of the molecule is N#Cc1ncc(O[C@H]2C[C@H](NCc3c(F)ccc4cnccc34)C2)cn1. The quantitative estimate of drug-likeness (QED) is 0.762. The second-order valence-electron chi connectivity index (χ2n) is 6.27. The minimum absolute atomic E-state index is 0.0746. The summed E-state index contributed by atoms with van der Waals surface area (Å²) in [6.45, 7) is 0.463. The molecule has 1 fully saturated rings. The van der Waals surface area contributed by atoms with Gasteiger partial charge in [0.1, 0.15) is 18.0 Å². The van der Waals surface area contributed by atoms with Gasteiger partial charge in [0.25, 0.3) is 0 Å². The van der Waals surface area contributed by atoms with E-state index in [2.05, 4.69) is 20.3 Å². The number of aromatic nitrogens is 3. The summed E-state index contributed by atoms with van der Waals surface area (Å²) in [6.07, 6.45) is 8.16. The van der Waals surface area contributed by atoms with E-state index in [1.165, 1.54) is 18.5 Å². The summed E-state index contributed by atoms with van der Waals surface area (Å²) >= 11 is 0. The third-order valence-corrected chi connectivity index (χ3v) is 4.57. The maximum atomic E-state index is 14.2. The van der Waals surface area contributed by atoms with E-state index in [9.17, 15) is 4.39 Å². The van der Waals surface area contributed by atoms with Gasteiger partial charge in [-0.25, -0.2) is 14.4 Å². The largest absolute Gasteiger partial charge is 0.487 e. The Balaban J connectivity index is 1.32. The van der Waals surface area contributed by atoms with Gasteiger partial charge < -0.3 is 10.1 Å². The number of nitrogens with one attached hydrogen (secondary N) is 1. The predicted molar refractivity (Wildman–Crippen MR) is 92.7 cm³/mol. The van der Waals surface area contributed by atoms with E-state index in [0.29, 0.717) is 17.9 Å². The highest BCUT2D eigenvalue weighted by Crippen LogP contribution is 2.27. The Labute approximate surface area is 149 Å². The first kappa shape index (κ1) is 16.4. The fourth-order valence-electron chi connectivity index (χ4n) is 3.09. The van der Waals surface area contributed by atoms with Crippen LogP contribution in [-0.4, -0.2) is 27.1 Å². The average Bonchev–Trinajstić information content (AvgIpc) is 2.65. The maximum absolute atomic E-state index is 14.2. The lowest BCUT2D eigenvalue weighted by atomic mass is 9.89. The lowest BCUT2D eigenvalue weighted by Gasteiger charge is -2.36. The molecule has 7 heteroatoms. The van der Waals surface area contributed by atoms with Gasteiger partial charge in [0.15, 0.2) is 5.75 Å². The lowest BCUT2D eigenvalue weighted by molar-refractivity contribution is 0.0834. The number of halogens is 1. The van der Waals surface area contributed by atoms with Crippen LogP contribution in [0.5, 0.6) is 5.75 Å². The molecule has 6 nitrogen and oxygen atoms in total. The van der Waals surface area contributed by atoms with Crippen molar-refractivity contribution in [3.05, 3.63) is 60.2 Å². The van der Waals surface area contributed by atoms with Crippen LogP contribution in [0.4, 0.5) is 4.39 Å². The molecule has 0 saturated heterocycles. The molecule has 0 spiro atoms. The van der Waals surface area contributed by atoms with Crippen LogP contribution in [-0.2, 0) is 6.54 Å². The second-order valence-corrected chi connectivity index (χ2v) is 6.27. The van der Waals surface area contributed by atoms with E-state index >= 15 is 0 Å². The van der Waals surface area contributed by atoms with Crippen LogP contribution in [0.1, 0.15) is 24.2 Å². The molecule has 1 aromatic carbocycles. The van der Waals surface area contributed by atoms with Gasteiger partial charge in [-0.15, -0.1) is 0 Å². The molecule has 0 atom stereocenters. The molecule has 1 N–H and O–H groups in total. The van der Waals surface area contributed by atoms with Gasteiger partial charge in [-0.3, -0.25) is 4.98 Å². The molecule has 2 aromatic heterocycles. The van der Waals surface area contributed by atoms with Crippen molar-refractivity contribution in [1.82, 2.24) is 20.3 Å². The Morgan fingerprint density at radius 2 is 2.00 bits per heavy atom. The summed E-state index contributed by atoms with van der Waals surface area (Å²) in [5.74, 6) is 0.468. The summed E-state index contributed by atoms with van der Waals surface area (Å²) in [6, 6.07) is 7.21. The number of pyridine rings is 1. The minimum Gasteiger partial charge on any atom is -0.487 e. The lowest BCUT2D eigenvalue weighted by Crippen LogP contribution is -2.46. The molecule has 0 radical (unpaired) electrons. The van der Waals surface area contributed by atoms with Gasteiger partial charge in [-0.05, 0) is 36.4 Å². The second kappa shape index (κ2) is 7.02. The van der Waals surface area contributed by atoms with Crippen molar-refractivity contribution in [3.8, 4) is 11.8 Å². The third kappa shape index (κ3) is 3.32. The topological polar surface area (TPSA) is 83.7 Å². The zero-order valence-electron chi connectivity index (χ0n) is 13.9. The molecule has 1 saturated carbocycles. The number of hydrogen-bond acceptors (Lipinski definition) is 6. The molecule has 0 aliphatic heterocycles. The summed E-state index contributed by atoms with van der Waals surface area (Å²) in [5.41, 5.74) is 0.662. The van der Waals surface area contributed by atoms with E-state index in [1.807, 2.05) is 12.1 Å². The van der Waals surface area contributed by atoms with Gasteiger partial charge in [0.2, 0.25) is 5.82 Å². The standard InChI is InChI=1S/C19H16FN5O/c20-18-2-1-12-8-22-4-3-16(12)17(18)11-23-13-5-14(6-13)26-15-9-24-19(7-21)25-10-15/h1-4,8-10,13-14,23H,5-6,11H2/t13-,14-. The molecule has 0 bridgehead atoms. The monoisotopic (exact) mass is 349 g/mol. The number of ether oxygens (including phenoxy) is 1. The van der Waals surface area contributed by atoms with Gasteiger partial charge in [0, 0.05) is 35.9 Å². The van der Waals surface area contributed by atoms with Gasteiger partial charge in [0.05, 0.1) is 12.4 Å². The van der Waals surface area contributed by atoms with Gasteiger partial charge >= 0.3 is 0 Å². The van der Waals surface area contributed by atoms with Gasteiger partial charge in [-0.2, -0.15) is 5.26 Å². The first-order valence-electron chi connectivity index (χ1n) is 8.36. The Hall–Kier alpha value is -3.11. The van der Waals surface area contributed by atoms with Crippen LogP contribution < -0.4 is 10.1 Å². The van der Waals surface area contributed by atoms with E-state index in [-0.39, 0.29) is 23.8 Å². The molecule has 130 valence electrons. The molecule has 2 heterocycles. The molecule has 0 amide bonds. The van der Waals surface area contributed by atoms with Crippen LogP contribution in [0.15, 0.2) is 43.0 Å². The summed E-state index contributed by atoms with van der Waals surface area (Å²) in [4.78, 5) is 11.8. The zero-order valence-corrected chi connectivity index (χ0v) is 13.9. The number of rotatable bonds is 5. The molecule has 1 aliphatic carbocycles. The molecular weight excluding hydrogens is 333 g/mol. The van der Waals surface area contributed by atoms with Crippen molar-refractivity contribution in [3.63, 3.8) is 0 Å². The minimum atomic E-state index is -0.210. The van der Waals surface area contributed by atoms with Crippen LogP contribution in [0.3, 0.4) is 0 Å². The Bertz CT molecular complexity index is 964. The Morgan fingerprint density at radius 3 is 2.77 bits per heavy atom. The molecule has 0 unspecified atom stereocenters. The van der Waals surface area contributed by atoms with Crippen molar-refractivity contribution in [2.75, 3.05) is 0 Å². The highest BCUT2D eigenvalue weighted by atomic mass is 19.1. The van der Waals surface area contributed by atoms with E-state index in [0.717, 1.165) is 23.6 Å². The Morgan fingerprint density at radius 1 is 1.19 bits per heavy atom. The number of nitrogens with zero attached hydrogens (tertiary/aromatic N) is 4. The number of nitriles is 1. The van der Waals surface area contributed by atoms with Crippen molar-refractivity contribution in [2.24, 2.45) is 0 Å². The fraction of sp³-hybridized carbons (Fsp3) is 0.263.